The van der Waals surface area contributed by atoms with Crippen LogP contribution in [0.2, 0.25) is 0 Å². The third kappa shape index (κ3) is 2.91. The minimum Gasteiger partial charge on any atom is -0.350 e. The summed E-state index contributed by atoms with van der Waals surface area (Å²) in [6.07, 6.45) is 5.21. The van der Waals surface area contributed by atoms with E-state index in [1.807, 2.05) is 18.2 Å². The quantitative estimate of drug-likeness (QED) is 0.788. The van der Waals surface area contributed by atoms with E-state index >= 15 is 0 Å². The van der Waals surface area contributed by atoms with Gasteiger partial charge in [-0.05, 0) is 12.1 Å². The Bertz CT molecular complexity index is 438. The van der Waals surface area contributed by atoms with Crippen LogP contribution in [0, 0.1) is 0 Å². The van der Waals surface area contributed by atoms with Gasteiger partial charge in [-0.3, -0.25) is 9.78 Å². The Hall–Kier alpha value is -2.17. The molecule has 2 heterocycles. The summed E-state index contributed by atoms with van der Waals surface area (Å²) in [5.74, 6) is -0.0464. The molecule has 0 atom stereocenters. The molecule has 0 bridgehead atoms. The van der Waals surface area contributed by atoms with Gasteiger partial charge in [0.15, 0.2) is 0 Å². The van der Waals surface area contributed by atoms with E-state index in [2.05, 4.69) is 20.3 Å². The number of aromatic nitrogens is 3. The van der Waals surface area contributed by atoms with Crippen LogP contribution in [0.15, 0.2) is 36.9 Å². The number of imidazole rings is 1. The van der Waals surface area contributed by atoms with Gasteiger partial charge in [-0.2, -0.15) is 0 Å². The lowest BCUT2D eigenvalue weighted by Crippen LogP contribution is -2.25. The maximum absolute atomic E-state index is 11.5. The summed E-state index contributed by atoms with van der Waals surface area (Å²) in [4.78, 5) is 22.3. The fraction of sp³-hybridized carbons (Fsp3) is 0.182. The van der Waals surface area contributed by atoms with E-state index in [-0.39, 0.29) is 5.91 Å². The number of nitrogens with one attached hydrogen (secondary N) is 2. The molecule has 0 saturated heterocycles. The zero-order valence-electron chi connectivity index (χ0n) is 8.68. The van der Waals surface area contributed by atoms with E-state index < -0.39 is 0 Å². The summed E-state index contributed by atoms with van der Waals surface area (Å²) >= 11 is 0. The number of carbonyl (C=O) groups is 1. The average Bonchev–Trinajstić information content (AvgIpc) is 2.81. The molecule has 0 aliphatic rings. The molecule has 5 nitrogen and oxygen atoms in total. The number of hydrogen-bond acceptors (Lipinski definition) is 3. The Morgan fingerprint density at radius 1 is 1.44 bits per heavy atom. The highest BCUT2D eigenvalue weighted by atomic mass is 16.1. The molecule has 0 unspecified atom stereocenters. The van der Waals surface area contributed by atoms with E-state index in [1.165, 1.54) is 0 Å². The maximum atomic E-state index is 11.5. The van der Waals surface area contributed by atoms with Crippen molar-refractivity contribution in [3.63, 3.8) is 0 Å². The maximum Gasteiger partial charge on any atom is 0.226 e. The second kappa shape index (κ2) is 5.06. The summed E-state index contributed by atoms with van der Waals surface area (Å²) < 4.78 is 0. The second-order valence-corrected chi connectivity index (χ2v) is 3.35. The Balaban J connectivity index is 1.80. The molecule has 16 heavy (non-hydrogen) atoms. The predicted octanol–water partition coefficient (Wildman–Crippen LogP) is 0.664. The van der Waals surface area contributed by atoms with Gasteiger partial charge < -0.3 is 10.3 Å². The van der Waals surface area contributed by atoms with Crippen LogP contribution in [0.1, 0.15) is 11.4 Å². The first-order valence-corrected chi connectivity index (χ1v) is 4.98. The molecule has 2 aromatic heterocycles. The molecule has 0 aromatic carbocycles. The number of nitrogens with zero attached hydrogens (tertiary/aromatic N) is 2. The first-order valence-electron chi connectivity index (χ1n) is 4.98. The van der Waals surface area contributed by atoms with E-state index in [1.54, 1.807) is 18.7 Å². The van der Waals surface area contributed by atoms with Crippen molar-refractivity contribution in [1.82, 2.24) is 20.3 Å². The number of rotatable bonds is 4. The number of pyridine rings is 1. The molecule has 5 heteroatoms. The molecule has 2 rings (SSSR count). The molecule has 2 aromatic rings. The SMILES string of the molecule is O=C(Cc1cnc[nH]1)NCc1ccccn1. The first-order chi connectivity index (χ1) is 7.84. The Morgan fingerprint density at radius 3 is 3.06 bits per heavy atom. The van der Waals surface area contributed by atoms with Crippen molar-refractivity contribution in [2.45, 2.75) is 13.0 Å². The summed E-state index contributed by atoms with van der Waals surface area (Å²) in [5, 5.41) is 2.79. The largest absolute Gasteiger partial charge is 0.350 e. The zero-order chi connectivity index (χ0) is 11.2. The Kier molecular flexibility index (Phi) is 3.28. The highest BCUT2D eigenvalue weighted by Gasteiger charge is 2.03. The van der Waals surface area contributed by atoms with E-state index in [0.717, 1.165) is 11.4 Å². The highest BCUT2D eigenvalue weighted by Crippen LogP contribution is 1.95. The van der Waals surface area contributed by atoms with Gasteiger partial charge >= 0.3 is 0 Å². The van der Waals surface area contributed by atoms with Crippen LogP contribution < -0.4 is 5.32 Å². The molecular formula is C11H12N4O. The van der Waals surface area contributed by atoms with E-state index in [4.69, 9.17) is 0 Å². The van der Waals surface area contributed by atoms with Crippen molar-refractivity contribution in [1.29, 1.82) is 0 Å². The van der Waals surface area contributed by atoms with Crippen LogP contribution >= 0.6 is 0 Å². The first kappa shape index (κ1) is 10.4. The lowest BCUT2D eigenvalue weighted by atomic mass is 10.3. The summed E-state index contributed by atoms with van der Waals surface area (Å²) in [7, 11) is 0. The number of amides is 1. The monoisotopic (exact) mass is 216 g/mol. The fourth-order valence-corrected chi connectivity index (χ4v) is 1.31. The van der Waals surface area contributed by atoms with Crippen molar-refractivity contribution in [2.75, 3.05) is 0 Å². The van der Waals surface area contributed by atoms with Gasteiger partial charge in [-0.15, -0.1) is 0 Å². The fourth-order valence-electron chi connectivity index (χ4n) is 1.31. The minimum atomic E-state index is -0.0464. The van der Waals surface area contributed by atoms with Gasteiger partial charge in [0, 0.05) is 18.1 Å². The normalized spacial score (nSPS) is 10.0. The standard InChI is InChI=1S/C11H12N4O/c16-11(5-10-6-12-8-15-10)14-7-9-3-1-2-4-13-9/h1-4,6,8H,5,7H2,(H,12,15)(H,14,16). The van der Waals surface area contributed by atoms with Crippen LogP contribution in [0.25, 0.3) is 0 Å². The van der Waals surface area contributed by atoms with Crippen LogP contribution in [-0.2, 0) is 17.8 Å². The van der Waals surface area contributed by atoms with Gasteiger partial charge in [0.05, 0.1) is 25.0 Å². The molecule has 0 spiro atoms. The summed E-state index contributed by atoms with van der Waals surface area (Å²) in [6.45, 7) is 0.452. The average molecular weight is 216 g/mol. The van der Waals surface area contributed by atoms with Crippen LogP contribution in [0.3, 0.4) is 0 Å². The van der Waals surface area contributed by atoms with E-state index in [0.29, 0.717) is 13.0 Å². The smallest absolute Gasteiger partial charge is 0.226 e. The number of aromatic amines is 1. The molecule has 0 aliphatic carbocycles. The molecule has 2 N–H and O–H groups in total. The van der Waals surface area contributed by atoms with Crippen LogP contribution in [0.4, 0.5) is 0 Å². The van der Waals surface area contributed by atoms with Crippen molar-refractivity contribution in [2.24, 2.45) is 0 Å². The van der Waals surface area contributed by atoms with Gasteiger partial charge in [0.25, 0.3) is 0 Å². The number of H-pyrrole nitrogens is 1. The van der Waals surface area contributed by atoms with Crippen molar-refractivity contribution in [3.8, 4) is 0 Å². The minimum absolute atomic E-state index is 0.0464. The summed E-state index contributed by atoms with van der Waals surface area (Å²) in [6, 6.07) is 5.61. The topological polar surface area (TPSA) is 70.7 Å². The van der Waals surface area contributed by atoms with Crippen molar-refractivity contribution in [3.05, 3.63) is 48.3 Å². The van der Waals surface area contributed by atoms with Gasteiger partial charge in [0.1, 0.15) is 0 Å². The molecule has 82 valence electrons. The van der Waals surface area contributed by atoms with Crippen molar-refractivity contribution < 1.29 is 4.79 Å². The lowest BCUT2D eigenvalue weighted by Gasteiger charge is -2.03. The van der Waals surface area contributed by atoms with Gasteiger partial charge in [-0.1, -0.05) is 6.07 Å². The van der Waals surface area contributed by atoms with Gasteiger partial charge in [0.2, 0.25) is 5.91 Å². The van der Waals surface area contributed by atoms with Gasteiger partial charge in [-0.25, -0.2) is 4.98 Å². The Morgan fingerprint density at radius 2 is 2.38 bits per heavy atom. The Labute approximate surface area is 92.9 Å². The van der Waals surface area contributed by atoms with E-state index in [9.17, 15) is 4.79 Å². The molecule has 0 radical (unpaired) electrons. The molecule has 0 fully saturated rings. The predicted molar refractivity (Wildman–Crippen MR) is 58.4 cm³/mol. The second-order valence-electron chi connectivity index (χ2n) is 3.35. The highest BCUT2D eigenvalue weighted by molar-refractivity contribution is 5.77. The number of carbonyl (C=O) groups excluding carboxylic acids is 1. The van der Waals surface area contributed by atoms with Crippen molar-refractivity contribution >= 4 is 5.91 Å². The zero-order valence-corrected chi connectivity index (χ0v) is 8.68. The molecular weight excluding hydrogens is 204 g/mol. The van der Waals surface area contributed by atoms with Crippen LogP contribution in [-0.4, -0.2) is 20.9 Å². The number of hydrogen-bond donors (Lipinski definition) is 2. The molecule has 0 saturated carbocycles. The van der Waals surface area contributed by atoms with Crippen LogP contribution in [0.5, 0.6) is 0 Å². The third-order valence-corrected chi connectivity index (χ3v) is 2.10. The molecule has 1 amide bonds. The summed E-state index contributed by atoms with van der Waals surface area (Å²) in [5.41, 5.74) is 1.65. The molecule has 0 aliphatic heterocycles. The third-order valence-electron chi connectivity index (χ3n) is 2.10. The lowest BCUT2D eigenvalue weighted by molar-refractivity contribution is -0.120.